The SMILES string of the molecule is C[C@@H]1C[C@](C)(CO)O[C@H]2C1[C@@]1(C)CC[C@@]34C[C@@]35CC[C@H](O)C(C)(C)[C@@H]5CC[C@H]4[C@]1(C)[C@H]2O. The van der Waals surface area contributed by atoms with Crippen LogP contribution < -0.4 is 0 Å². The lowest BCUT2D eigenvalue weighted by molar-refractivity contribution is -0.202. The van der Waals surface area contributed by atoms with Crippen LogP contribution in [0.4, 0.5) is 0 Å². The van der Waals surface area contributed by atoms with Crippen molar-refractivity contribution >= 4 is 0 Å². The molecule has 6 fully saturated rings. The van der Waals surface area contributed by atoms with Crippen molar-refractivity contribution in [2.75, 3.05) is 6.61 Å². The van der Waals surface area contributed by atoms with Gasteiger partial charge < -0.3 is 20.1 Å². The summed E-state index contributed by atoms with van der Waals surface area (Å²) in [5, 5.41) is 33.0. The molecule has 32 heavy (non-hydrogen) atoms. The molecule has 0 bridgehead atoms. The van der Waals surface area contributed by atoms with Crippen LogP contribution in [-0.4, -0.2) is 45.8 Å². The molecule has 1 unspecified atom stereocenters. The average molecular weight is 447 g/mol. The van der Waals surface area contributed by atoms with Gasteiger partial charge >= 0.3 is 0 Å². The molecule has 6 rings (SSSR count). The molecular weight excluding hydrogens is 400 g/mol. The van der Waals surface area contributed by atoms with Crippen molar-refractivity contribution < 1.29 is 20.1 Å². The Kier molecular flexibility index (Phi) is 4.29. The number of hydrogen-bond acceptors (Lipinski definition) is 4. The first kappa shape index (κ1) is 22.3. The van der Waals surface area contributed by atoms with Gasteiger partial charge in [0.05, 0.1) is 30.5 Å². The van der Waals surface area contributed by atoms with Crippen LogP contribution in [0.25, 0.3) is 0 Å². The Labute approximate surface area is 194 Å². The first-order chi connectivity index (χ1) is 14.8. The van der Waals surface area contributed by atoms with Crippen molar-refractivity contribution in [3.8, 4) is 0 Å². The average Bonchev–Trinajstić information content (AvgIpc) is 3.36. The summed E-state index contributed by atoms with van der Waals surface area (Å²) in [6.45, 7) is 13.9. The van der Waals surface area contributed by atoms with Crippen LogP contribution in [0.15, 0.2) is 0 Å². The van der Waals surface area contributed by atoms with Crippen LogP contribution in [-0.2, 0) is 4.74 Å². The highest BCUT2D eigenvalue weighted by Gasteiger charge is 2.84. The smallest absolute Gasteiger partial charge is 0.0892 e. The minimum absolute atomic E-state index is 0.00276. The van der Waals surface area contributed by atoms with Gasteiger partial charge in [-0.1, -0.05) is 34.6 Å². The predicted octanol–water partition coefficient (Wildman–Crippen LogP) is 4.54. The molecule has 1 heterocycles. The molecule has 0 aromatic carbocycles. The van der Waals surface area contributed by atoms with E-state index in [1.807, 2.05) is 6.92 Å². The molecule has 5 saturated carbocycles. The second-order valence-electron chi connectivity index (χ2n) is 14.6. The molecular formula is C28H46O4. The lowest BCUT2D eigenvalue weighted by Crippen LogP contribution is -2.59. The Balaban J connectivity index is 1.41. The van der Waals surface area contributed by atoms with Crippen molar-refractivity contribution in [3.05, 3.63) is 0 Å². The van der Waals surface area contributed by atoms with E-state index in [-0.39, 0.29) is 35.1 Å². The van der Waals surface area contributed by atoms with Gasteiger partial charge in [0.2, 0.25) is 0 Å². The van der Waals surface area contributed by atoms with Crippen LogP contribution in [0, 0.1) is 50.7 Å². The molecule has 1 saturated heterocycles. The van der Waals surface area contributed by atoms with E-state index in [4.69, 9.17) is 4.74 Å². The number of hydrogen-bond donors (Lipinski definition) is 3. The number of aliphatic hydroxyl groups is 3. The van der Waals surface area contributed by atoms with Crippen LogP contribution in [0.5, 0.6) is 0 Å². The third-order valence-corrected chi connectivity index (χ3v) is 13.4. The van der Waals surface area contributed by atoms with Gasteiger partial charge in [-0.25, -0.2) is 0 Å². The van der Waals surface area contributed by atoms with E-state index in [0.717, 1.165) is 12.8 Å². The first-order valence-electron chi connectivity index (χ1n) is 13.5. The quantitative estimate of drug-likeness (QED) is 0.553. The highest BCUT2D eigenvalue weighted by atomic mass is 16.5. The number of rotatable bonds is 1. The first-order valence-corrected chi connectivity index (χ1v) is 13.5. The normalized spacial score (nSPS) is 64.6. The Morgan fingerprint density at radius 1 is 0.875 bits per heavy atom. The predicted molar refractivity (Wildman–Crippen MR) is 124 cm³/mol. The lowest BCUT2D eigenvalue weighted by atomic mass is 9.41. The zero-order valence-electron chi connectivity index (χ0n) is 21.2. The molecule has 5 aliphatic carbocycles. The molecule has 182 valence electrons. The van der Waals surface area contributed by atoms with Crippen molar-refractivity contribution in [1.29, 1.82) is 0 Å². The van der Waals surface area contributed by atoms with E-state index in [2.05, 4.69) is 34.6 Å². The van der Waals surface area contributed by atoms with Gasteiger partial charge in [-0.2, -0.15) is 0 Å². The van der Waals surface area contributed by atoms with Crippen LogP contribution in [0.3, 0.4) is 0 Å². The van der Waals surface area contributed by atoms with E-state index < -0.39 is 11.7 Å². The summed E-state index contributed by atoms with van der Waals surface area (Å²) in [4.78, 5) is 0. The Bertz CT molecular complexity index is 826. The zero-order chi connectivity index (χ0) is 23.1. The molecule has 1 aliphatic heterocycles. The fourth-order valence-corrected chi connectivity index (χ4v) is 11.8. The summed E-state index contributed by atoms with van der Waals surface area (Å²) in [6.07, 6.45) is 8.31. The van der Waals surface area contributed by atoms with Gasteiger partial charge in [0.25, 0.3) is 0 Å². The molecule has 3 N–H and O–H groups in total. The lowest BCUT2D eigenvalue weighted by Gasteiger charge is -2.63. The zero-order valence-corrected chi connectivity index (χ0v) is 21.2. The summed E-state index contributed by atoms with van der Waals surface area (Å²) < 4.78 is 6.60. The van der Waals surface area contributed by atoms with Crippen LogP contribution >= 0.6 is 0 Å². The van der Waals surface area contributed by atoms with Crippen molar-refractivity contribution in [1.82, 2.24) is 0 Å². The molecule has 0 aromatic rings. The van der Waals surface area contributed by atoms with Gasteiger partial charge in [0, 0.05) is 5.41 Å². The van der Waals surface area contributed by atoms with Crippen LogP contribution in [0.2, 0.25) is 0 Å². The van der Waals surface area contributed by atoms with Gasteiger partial charge in [-0.05, 0) is 104 Å². The topological polar surface area (TPSA) is 69.9 Å². The molecule has 0 aromatic heterocycles. The molecule has 0 radical (unpaired) electrons. The summed E-state index contributed by atoms with van der Waals surface area (Å²) in [5.41, 5.74) is 0.106. The van der Waals surface area contributed by atoms with E-state index >= 15 is 0 Å². The largest absolute Gasteiger partial charge is 0.393 e. The molecule has 0 amide bonds. The number of aliphatic hydroxyl groups excluding tert-OH is 3. The van der Waals surface area contributed by atoms with E-state index in [1.54, 1.807) is 0 Å². The maximum atomic E-state index is 12.1. The molecule has 4 heteroatoms. The van der Waals surface area contributed by atoms with Crippen LogP contribution in [0.1, 0.15) is 92.9 Å². The second-order valence-corrected chi connectivity index (χ2v) is 14.6. The van der Waals surface area contributed by atoms with E-state index in [9.17, 15) is 15.3 Å². The molecule has 4 nitrogen and oxygen atoms in total. The van der Waals surface area contributed by atoms with Crippen molar-refractivity contribution in [3.63, 3.8) is 0 Å². The van der Waals surface area contributed by atoms with Gasteiger partial charge in [-0.15, -0.1) is 0 Å². The maximum Gasteiger partial charge on any atom is 0.0892 e. The standard InChI is InChI=1S/C28H46O4/c1-16-13-24(4,15-29)32-21-20(16)25(5)11-12-28-14-27(28)10-9-19(30)23(2,3)17(27)7-8-18(28)26(25,6)22(21)31/h16-22,29-31H,7-15H2,1-6H3/t16-,17+,18+,19+,20?,21+,22+,24-,25-,26-,27-,28+/m1/s1. The summed E-state index contributed by atoms with van der Waals surface area (Å²) in [6, 6.07) is 0. The van der Waals surface area contributed by atoms with E-state index in [0.29, 0.717) is 34.5 Å². The molecule has 6 aliphatic rings. The maximum absolute atomic E-state index is 12.1. The Hall–Kier alpha value is -0.160. The van der Waals surface area contributed by atoms with Crippen molar-refractivity contribution in [2.24, 2.45) is 50.7 Å². The molecule has 2 spiro atoms. The fraction of sp³-hybridized carbons (Fsp3) is 1.00. The fourth-order valence-electron chi connectivity index (χ4n) is 11.8. The number of fused-ring (bicyclic) bond motifs is 4. The Morgan fingerprint density at radius 2 is 1.53 bits per heavy atom. The minimum Gasteiger partial charge on any atom is -0.393 e. The third-order valence-electron chi connectivity index (χ3n) is 13.4. The summed E-state index contributed by atoms with van der Waals surface area (Å²) >= 11 is 0. The monoisotopic (exact) mass is 446 g/mol. The highest BCUT2D eigenvalue weighted by Crippen LogP contribution is 2.89. The van der Waals surface area contributed by atoms with Gasteiger partial charge in [-0.3, -0.25) is 0 Å². The second kappa shape index (κ2) is 6.15. The van der Waals surface area contributed by atoms with Crippen molar-refractivity contribution in [2.45, 2.75) is 117 Å². The van der Waals surface area contributed by atoms with Gasteiger partial charge in [0.1, 0.15) is 0 Å². The molecule has 12 atom stereocenters. The number of ether oxygens (including phenoxy) is 1. The highest BCUT2D eigenvalue weighted by molar-refractivity contribution is 5.32. The van der Waals surface area contributed by atoms with Gasteiger partial charge in [0.15, 0.2) is 0 Å². The summed E-state index contributed by atoms with van der Waals surface area (Å²) in [7, 11) is 0. The third kappa shape index (κ3) is 2.17. The summed E-state index contributed by atoms with van der Waals surface area (Å²) in [5.74, 6) is 1.94. The van der Waals surface area contributed by atoms with E-state index in [1.165, 1.54) is 38.5 Å². The Morgan fingerprint density at radius 3 is 2.22 bits per heavy atom. The minimum atomic E-state index is -0.540.